The third-order valence-corrected chi connectivity index (χ3v) is 6.97. The summed E-state index contributed by atoms with van der Waals surface area (Å²) in [6.07, 6.45) is 1.57. The van der Waals surface area contributed by atoms with Gasteiger partial charge in [0, 0.05) is 34.7 Å². The summed E-state index contributed by atoms with van der Waals surface area (Å²) in [6, 6.07) is 27.1. The van der Waals surface area contributed by atoms with Gasteiger partial charge in [-0.15, -0.1) is 0 Å². The van der Waals surface area contributed by atoms with Gasteiger partial charge < -0.3 is 18.3 Å². The molecule has 0 radical (unpaired) electrons. The van der Waals surface area contributed by atoms with E-state index in [1.165, 1.54) is 12.1 Å². The summed E-state index contributed by atoms with van der Waals surface area (Å²) in [5.41, 5.74) is 4.46. The molecule has 1 aliphatic rings. The van der Waals surface area contributed by atoms with E-state index >= 15 is 0 Å². The zero-order valence-electron chi connectivity index (χ0n) is 19.6. The molecule has 0 unspecified atom stereocenters. The Morgan fingerprint density at radius 1 is 0.806 bits per heavy atom. The van der Waals surface area contributed by atoms with Crippen LogP contribution >= 0.6 is 0 Å². The first kappa shape index (κ1) is 20.8. The number of rotatable bonds is 3. The maximum Gasteiger partial charge on any atom is 0.186 e. The van der Waals surface area contributed by atoms with Gasteiger partial charge in [-0.1, -0.05) is 60.7 Å². The highest BCUT2D eigenvalue weighted by Crippen LogP contribution is 2.48. The first-order chi connectivity index (χ1) is 17.7. The van der Waals surface area contributed by atoms with Crippen molar-refractivity contribution in [3.05, 3.63) is 106 Å². The lowest BCUT2D eigenvalue weighted by Gasteiger charge is -2.29. The number of hydrogen-bond donors (Lipinski definition) is 0. The van der Waals surface area contributed by atoms with Crippen LogP contribution in [-0.2, 0) is 6.42 Å². The lowest BCUT2D eigenvalue weighted by atomic mass is 9.93. The van der Waals surface area contributed by atoms with Crippen molar-refractivity contribution >= 4 is 32.9 Å². The fourth-order valence-corrected chi connectivity index (χ4v) is 5.32. The van der Waals surface area contributed by atoms with Gasteiger partial charge in [0.25, 0.3) is 0 Å². The monoisotopic (exact) mass is 474 g/mol. The highest BCUT2D eigenvalue weighted by molar-refractivity contribution is 6.19. The fourth-order valence-electron chi connectivity index (χ4n) is 5.32. The molecule has 0 N–H and O–H groups in total. The largest absolute Gasteiger partial charge is 0.496 e. The number of methoxy groups -OCH3 is 1. The van der Waals surface area contributed by atoms with Crippen LogP contribution in [0.3, 0.4) is 0 Å². The average molecular weight is 475 g/mol. The summed E-state index contributed by atoms with van der Waals surface area (Å²) >= 11 is 0. The van der Waals surface area contributed by atoms with Crippen LogP contribution in [0.1, 0.15) is 23.7 Å². The van der Waals surface area contributed by atoms with Crippen molar-refractivity contribution in [1.82, 2.24) is 0 Å². The number of fused-ring (bicyclic) bond motifs is 4. The van der Waals surface area contributed by atoms with E-state index in [0.29, 0.717) is 22.5 Å². The minimum Gasteiger partial charge on any atom is -0.496 e. The first-order valence-corrected chi connectivity index (χ1v) is 12.0. The molecule has 7 rings (SSSR count). The third-order valence-electron chi connectivity index (χ3n) is 6.97. The second-order valence-electron chi connectivity index (χ2n) is 9.10. The highest BCUT2D eigenvalue weighted by atomic mass is 16.5. The van der Waals surface area contributed by atoms with Crippen molar-refractivity contribution in [2.24, 2.45) is 0 Å². The summed E-state index contributed by atoms with van der Waals surface area (Å²) < 4.78 is 25.0. The molecule has 0 fully saturated rings. The van der Waals surface area contributed by atoms with Crippen molar-refractivity contribution in [3.63, 3.8) is 0 Å². The molecule has 6 aromatic rings. The summed E-state index contributed by atoms with van der Waals surface area (Å²) in [5, 5.41) is 2.54. The Kier molecular flexibility index (Phi) is 4.64. The summed E-state index contributed by atoms with van der Waals surface area (Å²) in [7, 11) is 1.66. The SMILES string of the molecule is COc1cc2oc3cc(=O)cc4oc(-c5ccccc5)cc(c2c2c1CC[C@H](c1ccccc1)O2)c43. The molecule has 5 nitrogen and oxygen atoms in total. The van der Waals surface area contributed by atoms with Crippen molar-refractivity contribution < 1.29 is 18.3 Å². The van der Waals surface area contributed by atoms with Crippen LogP contribution in [0.25, 0.3) is 44.2 Å². The Morgan fingerprint density at radius 2 is 1.50 bits per heavy atom. The van der Waals surface area contributed by atoms with Crippen LogP contribution < -0.4 is 14.9 Å². The molecule has 176 valence electrons. The van der Waals surface area contributed by atoms with E-state index in [1.54, 1.807) is 7.11 Å². The normalized spacial score (nSPS) is 15.2. The molecule has 36 heavy (non-hydrogen) atoms. The zero-order valence-corrected chi connectivity index (χ0v) is 19.6. The minimum atomic E-state index is -0.175. The standard InChI is InChI=1S/C31H22O5/c1-33-25-17-28-30(31-21(25)12-13-23(36-31)18-8-4-2-5-9-18)22-16-24(19-10-6-3-7-11-19)34-26-14-20(32)15-27(35-28)29(22)26/h2-11,14-17,23H,12-13H2,1H3/t23-/m1/s1. The Balaban J connectivity index is 1.59. The van der Waals surface area contributed by atoms with Crippen LogP contribution in [0.2, 0.25) is 0 Å². The molecule has 0 saturated carbocycles. The van der Waals surface area contributed by atoms with Crippen molar-refractivity contribution in [3.8, 4) is 22.8 Å². The van der Waals surface area contributed by atoms with Crippen molar-refractivity contribution in [1.29, 1.82) is 0 Å². The number of ether oxygens (including phenoxy) is 2. The fraction of sp³-hybridized carbons (Fsp3) is 0.129. The van der Waals surface area contributed by atoms with Gasteiger partial charge in [-0.2, -0.15) is 0 Å². The smallest absolute Gasteiger partial charge is 0.186 e. The highest BCUT2D eigenvalue weighted by Gasteiger charge is 2.29. The number of benzene rings is 4. The van der Waals surface area contributed by atoms with Crippen LogP contribution in [0, 0.1) is 0 Å². The molecule has 2 aromatic heterocycles. The molecule has 0 saturated heterocycles. The Labute approximate surface area is 206 Å². The van der Waals surface area contributed by atoms with Gasteiger partial charge in [0.15, 0.2) is 5.43 Å². The predicted molar refractivity (Wildman–Crippen MR) is 140 cm³/mol. The van der Waals surface area contributed by atoms with E-state index in [-0.39, 0.29) is 11.5 Å². The number of hydrogen-bond acceptors (Lipinski definition) is 5. The van der Waals surface area contributed by atoms with Gasteiger partial charge in [0.05, 0.1) is 17.9 Å². The second kappa shape index (κ2) is 8.02. The molecule has 1 aliphatic heterocycles. The Bertz CT molecular complexity index is 1810. The molecule has 1 atom stereocenters. The quantitative estimate of drug-likeness (QED) is 0.197. The first-order valence-electron chi connectivity index (χ1n) is 12.0. The van der Waals surface area contributed by atoms with E-state index in [0.717, 1.165) is 57.2 Å². The molecular weight excluding hydrogens is 452 g/mol. The zero-order chi connectivity index (χ0) is 24.2. The molecule has 5 heteroatoms. The lowest BCUT2D eigenvalue weighted by molar-refractivity contribution is 0.177. The molecule has 0 aliphatic carbocycles. The maximum atomic E-state index is 12.5. The second-order valence-corrected chi connectivity index (χ2v) is 9.10. The van der Waals surface area contributed by atoms with Gasteiger partial charge in [0.1, 0.15) is 40.1 Å². The summed E-state index contributed by atoms with van der Waals surface area (Å²) in [4.78, 5) is 12.5. The van der Waals surface area contributed by atoms with Crippen molar-refractivity contribution in [2.75, 3.05) is 7.11 Å². The van der Waals surface area contributed by atoms with Gasteiger partial charge >= 0.3 is 0 Å². The topological polar surface area (TPSA) is 61.8 Å². The third kappa shape index (κ3) is 3.20. The summed E-state index contributed by atoms with van der Waals surface area (Å²) in [5.74, 6) is 2.15. The van der Waals surface area contributed by atoms with Crippen LogP contribution in [0.15, 0.2) is 98.6 Å². The minimum absolute atomic E-state index is 0.0854. The molecule has 3 heterocycles. The molecule has 0 bridgehead atoms. The van der Waals surface area contributed by atoms with E-state index in [4.69, 9.17) is 18.3 Å². The molecular formula is C31H22O5. The van der Waals surface area contributed by atoms with Gasteiger partial charge in [-0.25, -0.2) is 0 Å². The van der Waals surface area contributed by atoms with Crippen LogP contribution in [0.5, 0.6) is 11.5 Å². The molecule has 4 aromatic carbocycles. The van der Waals surface area contributed by atoms with E-state index in [2.05, 4.69) is 12.1 Å². The van der Waals surface area contributed by atoms with E-state index in [9.17, 15) is 4.79 Å². The lowest BCUT2D eigenvalue weighted by Crippen LogP contribution is -2.16. The molecule has 0 amide bonds. The molecule has 0 spiro atoms. The van der Waals surface area contributed by atoms with Gasteiger partial charge in [-0.3, -0.25) is 4.79 Å². The van der Waals surface area contributed by atoms with Crippen LogP contribution in [-0.4, -0.2) is 7.11 Å². The Hall–Kier alpha value is -4.51. The Morgan fingerprint density at radius 3 is 2.25 bits per heavy atom. The average Bonchev–Trinajstić information content (AvgIpc) is 2.92. The van der Waals surface area contributed by atoms with Gasteiger partial charge in [-0.05, 0) is 24.5 Å². The predicted octanol–water partition coefficient (Wildman–Crippen LogP) is 7.43. The van der Waals surface area contributed by atoms with Crippen LogP contribution in [0.4, 0.5) is 0 Å². The van der Waals surface area contributed by atoms with E-state index < -0.39 is 0 Å². The summed E-state index contributed by atoms with van der Waals surface area (Å²) in [6.45, 7) is 0. The maximum absolute atomic E-state index is 12.5. The van der Waals surface area contributed by atoms with Gasteiger partial charge in [0.2, 0.25) is 0 Å². The van der Waals surface area contributed by atoms with Crippen molar-refractivity contribution in [2.45, 2.75) is 18.9 Å². The van der Waals surface area contributed by atoms with E-state index in [1.807, 2.05) is 60.7 Å².